The average molecular weight is 483 g/mol. The first-order valence-corrected chi connectivity index (χ1v) is 11.1. The van der Waals surface area contributed by atoms with Crippen LogP contribution in [0.3, 0.4) is 0 Å². The van der Waals surface area contributed by atoms with Crippen molar-refractivity contribution in [3.63, 3.8) is 0 Å². The molecule has 0 aromatic rings. The van der Waals surface area contributed by atoms with Crippen molar-refractivity contribution in [2.24, 2.45) is 28.9 Å². The zero-order valence-electron chi connectivity index (χ0n) is 18.2. The Hall–Kier alpha value is -0.560. The van der Waals surface area contributed by atoms with Gasteiger partial charge in [0.15, 0.2) is 6.29 Å². The third-order valence-electron chi connectivity index (χ3n) is 7.00. The van der Waals surface area contributed by atoms with Gasteiger partial charge in [0.05, 0.1) is 24.4 Å². The molecule has 3 rings (SSSR count). The normalized spacial score (nSPS) is 53.7. The molecule has 2 saturated carbocycles. The molecule has 0 bridgehead atoms. The second kappa shape index (κ2) is 11.0. The lowest BCUT2D eigenvalue weighted by Crippen LogP contribution is -2.68. The average Bonchev–Trinajstić information content (AvgIpc) is 2.79. The number of rotatable bonds is 6. The molecule has 15 N–H and O–H groups in total. The minimum Gasteiger partial charge on any atom is -0.396 e. The van der Waals surface area contributed by atoms with E-state index in [9.17, 15) is 35.7 Å². The van der Waals surface area contributed by atoms with Crippen LogP contribution in [0.15, 0.2) is 0 Å². The van der Waals surface area contributed by atoms with Crippen LogP contribution in [-0.2, 0) is 14.2 Å². The maximum absolute atomic E-state index is 10.8. The Balaban J connectivity index is 1.80. The number of nitrogens with two attached hydrogens (primary N) is 4. The van der Waals surface area contributed by atoms with Crippen molar-refractivity contribution in [1.29, 1.82) is 0 Å². The van der Waals surface area contributed by atoms with Crippen LogP contribution < -0.4 is 22.9 Å². The highest BCUT2D eigenvalue weighted by molar-refractivity contribution is 5.02. The Morgan fingerprint density at radius 2 is 1.39 bits per heavy atom. The van der Waals surface area contributed by atoms with Crippen molar-refractivity contribution in [2.45, 2.75) is 98.3 Å². The van der Waals surface area contributed by atoms with E-state index in [4.69, 9.17) is 37.1 Å². The lowest BCUT2D eigenvalue weighted by Gasteiger charge is -2.49. The summed E-state index contributed by atoms with van der Waals surface area (Å²) in [6, 6.07) is -2.73. The van der Waals surface area contributed by atoms with E-state index in [1.807, 2.05) is 0 Å². The van der Waals surface area contributed by atoms with Crippen molar-refractivity contribution in [2.75, 3.05) is 13.2 Å². The lowest BCUT2D eigenvalue weighted by molar-refractivity contribution is -0.299. The molecule has 0 aromatic heterocycles. The maximum atomic E-state index is 10.8. The summed E-state index contributed by atoms with van der Waals surface area (Å²) in [6.45, 7) is -0.575. The molecule has 0 spiro atoms. The van der Waals surface area contributed by atoms with Crippen molar-refractivity contribution < 1.29 is 50.0 Å². The van der Waals surface area contributed by atoms with E-state index in [1.54, 1.807) is 0 Å². The largest absolute Gasteiger partial charge is 0.396 e. The molecule has 1 heterocycles. The highest BCUT2D eigenvalue weighted by atomic mass is 16.7. The molecule has 194 valence electrons. The molecule has 3 aliphatic rings. The summed E-state index contributed by atoms with van der Waals surface area (Å²) in [5.74, 6) is -0.770. The van der Waals surface area contributed by atoms with Gasteiger partial charge < -0.3 is 72.9 Å². The predicted octanol–water partition coefficient (Wildman–Crippen LogP) is -6.63. The molecule has 2 aliphatic carbocycles. The van der Waals surface area contributed by atoms with E-state index in [1.165, 1.54) is 0 Å². The van der Waals surface area contributed by atoms with E-state index in [0.29, 0.717) is 0 Å². The third kappa shape index (κ3) is 5.34. The van der Waals surface area contributed by atoms with Crippen LogP contribution in [0.2, 0.25) is 0 Å². The smallest absolute Gasteiger partial charge is 0.176 e. The minimum atomic E-state index is -1.58. The number of aliphatic hydroxyl groups excluding tert-OH is 7. The minimum absolute atomic E-state index is 0.0180. The predicted molar refractivity (Wildman–Crippen MR) is 111 cm³/mol. The number of aliphatic hydroxyl groups is 7. The van der Waals surface area contributed by atoms with Crippen LogP contribution in [0.5, 0.6) is 0 Å². The molecule has 1 aliphatic heterocycles. The molecule has 14 heteroatoms. The van der Waals surface area contributed by atoms with Crippen LogP contribution in [0.1, 0.15) is 12.8 Å². The van der Waals surface area contributed by atoms with Crippen LogP contribution in [0.4, 0.5) is 0 Å². The summed E-state index contributed by atoms with van der Waals surface area (Å²) in [6.07, 6.45) is -13.9. The van der Waals surface area contributed by atoms with Gasteiger partial charge in [-0.3, -0.25) is 0 Å². The van der Waals surface area contributed by atoms with Gasteiger partial charge in [0.25, 0.3) is 0 Å². The Kier molecular flexibility index (Phi) is 9.02. The summed E-state index contributed by atoms with van der Waals surface area (Å²) in [7, 11) is 0. The topological polar surface area (TPSA) is 273 Å². The van der Waals surface area contributed by atoms with Gasteiger partial charge in [-0.2, -0.15) is 0 Å². The second-order valence-corrected chi connectivity index (χ2v) is 9.28. The van der Waals surface area contributed by atoms with E-state index < -0.39 is 98.0 Å². The first-order valence-electron chi connectivity index (χ1n) is 11.1. The molecule has 1 saturated heterocycles. The van der Waals surface area contributed by atoms with Gasteiger partial charge >= 0.3 is 0 Å². The van der Waals surface area contributed by atoms with E-state index >= 15 is 0 Å². The SMILES string of the molecule is NCC1OC(OC2C(N)CC(N)C(O)C2OC2CC(CO)C(O)C(O)C2O)C(N)C(O)C1O. The van der Waals surface area contributed by atoms with Gasteiger partial charge in [-0.1, -0.05) is 0 Å². The van der Waals surface area contributed by atoms with Crippen molar-refractivity contribution in [3.05, 3.63) is 0 Å². The molecule has 15 atom stereocenters. The highest BCUT2D eigenvalue weighted by Crippen LogP contribution is 2.33. The lowest BCUT2D eigenvalue weighted by atomic mass is 9.80. The van der Waals surface area contributed by atoms with E-state index in [-0.39, 0.29) is 19.4 Å². The van der Waals surface area contributed by atoms with Crippen LogP contribution >= 0.6 is 0 Å². The standard InChI is InChI=1S/C19H38N4O10/c20-3-9-14(28)15(29)10(23)19(32-9)33-17-7(22)2-6(21)12(26)18(17)31-8-1-5(4-24)11(25)16(30)13(8)27/h5-19,24-30H,1-4,20-23H2. The first-order chi connectivity index (χ1) is 15.5. The fraction of sp³-hybridized carbons (Fsp3) is 1.00. The molecule has 0 amide bonds. The monoisotopic (exact) mass is 482 g/mol. The van der Waals surface area contributed by atoms with Crippen LogP contribution in [0.25, 0.3) is 0 Å². The zero-order valence-corrected chi connectivity index (χ0v) is 18.2. The summed E-state index contributed by atoms with van der Waals surface area (Å²) >= 11 is 0. The number of hydrogen-bond acceptors (Lipinski definition) is 14. The number of hydrogen-bond donors (Lipinski definition) is 11. The van der Waals surface area contributed by atoms with Crippen LogP contribution in [-0.4, -0.2) is 134 Å². The molecular weight excluding hydrogens is 444 g/mol. The van der Waals surface area contributed by atoms with Crippen LogP contribution in [0, 0.1) is 5.92 Å². The maximum Gasteiger partial charge on any atom is 0.176 e. The molecule has 14 nitrogen and oxygen atoms in total. The summed E-state index contributed by atoms with van der Waals surface area (Å²) in [5.41, 5.74) is 23.8. The molecule has 3 fully saturated rings. The second-order valence-electron chi connectivity index (χ2n) is 9.28. The first kappa shape index (κ1) is 27.0. The molecule has 33 heavy (non-hydrogen) atoms. The van der Waals surface area contributed by atoms with Crippen molar-refractivity contribution in [3.8, 4) is 0 Å². The Labute approximate surface area is 191 Å². The van der Waals surface area contributed by atoms with E-state index in [0.717, 1.165) is 0 Å². The molecule has 0 aromatic carbocycles. The van der Waals surface area contributed by atoms with Crippen molar-refractivity contribution >= 4 is 0 Å². The molecule has 15 unspecified atom stereocenters. The summed E-state index contributed by atoms with van der Waals surface area (Å²) < 4.78 is 17.5. The van der Waals surface area contributed by atoms with Gasteiger partial charge in [-0.25, -0.2) is 0 Å². The zero-order chi connectivity index (χ0) is 24.6. The van der Waals surface area contributed by atoms with Crippen molar-refractivity contribution in [1.82, 2.24) is 0 Å². The Morgan fingerprint density at radius 3 is 2.00 bits per heavy atom. The van der Waals surface area contributed by atoms with Gasteiger partial charge in [-0.05, 0) is 12.8 Å². The Morgan fingerprint density at radius 1 is 0.727 bits per heavy atom. The summed E-state index contributed by atoms with van der Waals surface area (Å²) in [5, 5.41) is 71.2. The molecule has 0 radical (unpaired) electrons. The third-order valence-corrected chi connectivity index (χ3v) is 7.00. The fourth-order valence-electron chi connectivity index (χ4n) is 4.83. The fourth-order valence-corrected chi connectivity index (χ4v) is 4.83. The van der Waals surface area contributed by atoms with Gasteiger partial charge in [-0.15, -0.1) is 0 Å². The molecular formula is C19H38N4O10. The highest BCUT2D eigenvalue weighted by Gasteiger charge is 2.51. The van der Waals surface area contributed by atoms with E-state index in [2.05, 4.69) is 0 Å². The summed E-state index contributed by atoms with van der Waals surface area (Å²) in [4.78, 5) is 0. The number of ether oxygens (including phenoxy) is 3. The Bertz CT molecular complexity index is 633. The van der Waals surface area contributed by atoms with Gasteiger partial charge in [0, 0.05) is 31.2 Å². The quantitative estimate of drug-likeness (QED) is 0.168. The van der Waals surface area contributed by atoms with Gasteiger partial charge in [0.2, 0.25) is 0 Å². The van der Waals surface area contributed by atoms with Gasteiger partial charge in [0.1, 0.15) is 42.7 Å².